The van der Waals surface area contributed by atoms with Gasteiger partial charge in [0.2, 0.25) is 0 Å². The minimum Gasteiger partial charge on any atom is -0.385 e. The van der Waals surface area contributed by atoms with Gasteiger partial charge < -0.3 is 10.6 Å². The topological polar surface area (TPSA) is 41.1 Å². The van der Waals surface area contributed by atoms with E-state index in [-0.39, 0.29) is 5.91 Å². The molecule has 2 rings (SSSR count). The van der Waals surface area contributed by atoms with Crippen molar-refractivity contribution >= 4 is 23.4 Å². The summed E-state index contributed by atoms with van der Waals surface area (Å²) < 4.78 is 0. The van der Waals surface area contributed by atoms with E-state index in [0.717, 1.165) is 37.9 Å². The van der Waals surface area contributed by atoms with Crippen molar-refractivity contribution in [2.45, 2.75) is 38.5 Å². The van der Waals surface area contributed by atoms with Crippen molar-refractivity contribution in [2.75, 3.05) is 30.4 Å². The number of anilines is 1. The first-order chi connectivity index (χ1) is 10.3. The van der Waals surface area contributed by atoms with E-state index in [1.165, 1.54) is 36.3 Å². The summed E-state index contributed by atoms with van der Waals surface area (Å²) in [5.74, 6) is 1.31. The van der Waals surface area contributed by atoms with Crippen LogP contribution in [0.1, 0.15) is 48.0 Å². The molecule has 3 nitrogen and oxygen atoms in total. The first-order valence-electron chi connectivity index (χ1n) is 7.95. The molecule has 0 spiro atoms. The smallest absolute Gasteiger partial charge is 0.251 e. The summed E-state index contributed by atoms with van der Waals surface area (Å²) in [4.78, 5) is 12.1. The van der Waals surface area contributed by atoms with E-state index < -0.39 is 0 Å². The Bertz CT molecular complexity index is 462. The molecule has 0 atom stereocenters. The molecule has 1 aromatic carbocycles. The Labute approximate surface area is 132 Å². The molecular weight excluding hydrogens is 280 g/mol. The molecule has 0 aromatic heterocycles. The molecule has 0 saturated heterocycles. The highest BCUT2D eigenvalue weighted by Crippen LogP contribution is 2.22. The van der Waals surface area contributed by atoms with Gasteiger partial charge >= 0.3 is 0 Å². The maximum Gasteiger partial charge on any atom is 0.251 e. The Balaban J connectivity index is 1.71. The highest BCUT2D eigenvalue weighted by molar-refractivity contribution is 7.98. The molecule has 1 heterocycles. The average molecular weight is 306 g/mol. The highest BCUT2D eigenvalue weighted by atomic mass is 32.2. The number of hydrogen-bond donors (Lipinski definition) is 2. The van der Waals surface area contributed by atoms with Gasteiger partial charge in [-0.2, -0.15) is 11.8 Å². The number of benzene rings is 1. The molecule has 1 amide bonds. The molecule has 4 heteroatoms. The first kappa shape index (κ1) is 16.2. The third-order valence-corrected chi connectivity index (χ3v) is 4.56. The Hall–Kier alpha value is -1.16. The number of carbonyl (C=O) groups excluding carboxylic acids is 1. The van der Waals surface area contributed by atoms with Crippen LogP contribution in [0.25, 0.3) is 0 Å². The van der Waals surface area contributed by atoms with E-state index in [9.17, 15) is 4.79 Å². The summed E-state index contributed by atoms with van der Waals surface area (Å²) in [6.07, 6.45) is 9.19. The van der Waals surface area contributed by atoms with Gasteiger partial charge in [-0.15, -0.1) is 0 Å². The third-order valence-electron chi connectivity index (χ3n) is 3.87. The van der Waals surface area contributed by atoms with Crippen molar-refractivity contribution in [1.82, 2.24) is 5.32 Å². The molecule has 0 radical (unpaired) electrons. The van der Waals surface area contributed by atoms with Crippen molar-refractivity contribution in [1.29, 1.82) is 0 Å². The van der Waals surface area contributed by atoms with E-state index >= 15 is 0 Å². The molecule has 0 unspecified atom stereocenters. The quantitative estimate of drug-likeness (QED) is 0.720. The van der Waals surface area contributed by atoms with Crippen LogP contribution in [0.5, 0.6) is 0 Å². The van der Waals surface area contributed by atoms with E-state index in [2.05, 4.69) is 16.9 Å². The second kappa shape index (κ2) is 8.98. The van der Waals surface area contributed by atoms with Crippen LogP contribution in [0.15, 0.2) is 18.2 Å². The summed E-state index contributed by atoms with van der Waals surface area (Å²) in [6, 6.07) is 5.99. The fraction of sp³-hybridized carbons (Fsp3) is 0.588. The highest BCUT2D eigenvalue weighted by Gasteiger charge is 2.11. The lowest BCUT2D eigenvalue weighted by Crippen LogP contribution is -2.25. The Morgan fingerprint density at radius 2 is 2.14 bits per heavy atom. The Morgan fingerprint density at radius 1 is 1.29 bits per heavy atom. The van der Waals surface area contributed by atoms with E-state index in [4.69, 9.17) is 0 Å². The zero-order valence-corrected chi connectivity index (χ0v) is 13.7. The summed E-state index contributed by atoms with van der Waals surface area (Å²) in [7, 11) is 0. The molecule has 0 aliphatic carbocycles. The van der Waals surface area contributed by atoms with Gasteiger partial charge in [0.25, 0.3) is 5.91 Å². The van der Waals surface area contributed by atoms with Crippen LogP contribution < -0.4 is 10.6 Å². The molecular formula is C17H26N2OS. The van der Waals surface area contributed by atoms with E-state index in [0.29, 0.717) is 0 Å². The van der Waals surface area contributed by atoms with Crippen molar-refractivity contribution in [3.63, 3.8) is 0 Å². The van der Waals surface area contributed by atoms with E-state index in [1.807, 2.05) is 30.0 Å². The van der Waals surface area contributed by atoms with E-state index in [1.54, 1.807) is 0 Å². The summed E-state index contributed by atoms with van der Waals surface area (Å²) in [6.45, 7) is 1.82. The molecule has 2 N–H and O–H groups in total. The number of fused-ring (bicyclic) bond motifs is 1. The van der Waals surface area contributed by atoms with Gasteiger partial charge in [-0.05, 0) is 61.5 Å². The summed E-state index contributed by atoms with van der Waals surface area (Å²) >= 11 is 1.90. The van der Waals surface area contributed by atoms with Gasteiger partial charge in [-0.3, -0.25) is 4.79 Å². The standard InChI is InChI=1S/C17H26N2OS/c1-21-12-5-3-2-4-10-19-17(20)15-8-9-16-14(13-15)7-6-11-18-16/h8-9,13,18H,2-7,10-12H2,1H3,(H,19,20). The third kappa shape index (κ3) is 5.27. The van der Waals surface area contributed by atoms with Crippen LogP contribution in [0.2, 0.25) is 0 Å². The second-order valence-corrected chi connectivity index (χ2v) is 6.55. The fourth-order valence-corrected chi connectivity index (χ4v) is 3.14. The minimum absolute atomic E-state index is 0.0625. The van der Waals surface area contributed by atoms with Crippen LogP contribution in [0, 0.1) is 0 Å². The lowest BCUT2D eigenvalue weighted by Gasteiger charge is -2.18. The molecule has 1 aromatic rings. The molecule has 0 bridgehead atoms. The number of aryl methyl sites for hydroxylation is 1. The van der Waals surface area contributed by atoms with Crippen LogP contribution >= 0.6 is 11.8 Å². The predicted octanol–water partition coefficient (Wildman–Crippen LogP) is 3.70. The number of amides is 1. The van der Waals surface area contributed by atoms with Crippen molar-refractivity contribution in [3.05, 3.63) is 29.3 Å². The lowest BCUT2D eigenvalue weighted by molar-refractivity contribution is 0.0953. The number of carbonyl (C=O) groups is 1. The van der Waals surface area contributed by atoms with Gasteiger partial charge in [-0.1, -0.05) is 12.8 Å². The van der Waals surface area contributed by atoms with Gasteiger partial charge in [0.1, 0.15) is 0 Å². The van der Waals surface area contributed by atoms with Crippen LogP contribution in [0.4, 0.5) is 5.69 Å². The number of unbranched alkanes of at least 4 members (excludes halogenated alkanes) is 3. The summed E-state index contributed by atoms with van der Waals surface area (Å²) in [5, 5.41) is 6.40. The Kier molecular flexibility index (Phi) is 6.93. The maximum atomic E-state index is 12.1. The Morgan fingerprint density at radius 3 is 3.00 bits per heavy atom. The van der Waals surface area contributed by atoms with Gasteiger partial charge in [-0.25, -0.2) is 0 Å². The van der Waals surface area contributed by atoms with Crippen LogP contribution in [-0.4, -0.2) is 31.0 Å². The molecule has 116 valence electrons. The monoisotopic (exact) mass is 306 g/mol. The second-order valence-electron chi connectivity index (χ2n) is 5.57. The largest absolute Gasteiger partial charge is 0.385 e. The lowest BCUT2D eigenvalue weighted by atomic mass is 10.0. The number of rotatable bonds is 8. The number of hydrogen-bond acceptors (Lipinski definition) is 3. The van der Waals surface area contributed by atoms with Crippen LogP contribution in [0.3, 0.4) is 0 Å². The zero-order chi connectivity index (χ0) is 14.9. The maximum absolute atomic E-state index is 12.1. The van der Waals surface area contributed by atoms with Crippen molar-refractivity contribution < 1.29 is 4.79 Å². The zero-order valence-electron chi connectivity index (χ0n) is 12.9. The summed E-state index contributed by atoms with van der Waals surface area (Å²) in [5.41, 5.74) is 3.25. The molecule has 0 saturated carbocycles. The van der Waals surface area contributed by atoms with Crippen LogP contribution in [-0.2, 0) is 6.42 Å². The number of nitrogens with one attached hydrogen (secondary N) is 2. The SMILES string of the molecule is CSCCCCCCNC(=O)c1ccc2c(c1)CCCN2. The first-order valence-corrected chi connectivity index (χ1v) is 9.34. The molecule has 0 fully saturated rings. The van der Waals surface area contributed by atoms with Crippen molar-refractivity contribution in [3.8, 4) is 0 Å². The molecule has 1 aliphatic rings. The fourth-order valence-electron chi connectivity index (χ4n) is 2.65. The number of thioether (sulfide) groups is 1. The average Bonchev–Trinajstić information content (AvgIpc) is 2.53. The van der Waals surface area contributed by atoms with Crippen molar-refractivity contribution in [2.24, 2.45) is 0 Å². The van der Waals surface area contributed by atoms with Gasteiger partial charge in [0, 0.05) is 24.3 Å². The predicted molar refractivity (Wildman–Crippen MR) is 92.4 cm³/mol. The van der Waals surface area contributed by atoms with Gasteiger partial charge in [0.15, 0.2) is 0 Å². The molecule has 1 aliphatic heterocycles. The molecule has 21 heavy (non-hydrogen) atoms. The minimum atomic E-state index is 0.0625. The normalized spacial score (nSPS) is 13.4. The van der Waals surface area contributed by atoms with Gasteiger partial charge in [0.05, 0.1) is 0 Å².